The van der Waals surface area contributed by atoms with Gasteiger partial charge in [0.25, 0.3) is 0 Å². The Morgan fingerprint density at radius 3 is 2.78 bits per heavy atom. The predicted octanol–water partition coefficient (Wildman–Crippen LogP) is 1.07. The average Bonchev–Trinajstić information content (AvgIpc) is 3.00. The van der Waals surface area contributed by atoms with Crippen LogP contribution in [0.1, 0.15) is 18.7 Å². The largest absolute Gasteiger partial charge is 0.460 e. The Morgan fingerprint density at radius 1 is 1.39 bits per heavy atom. The first kappa shape index (κ1) is 15.7. The molecule has 1 aliphatic heterocycles. The molecule has 122 valence electrons. The van der Waals surface area contributed by atoms with E-state index >= 15 is 0 Å². The molecule has 0 aliphatic carbocycles. The van der Waals surface area contributed by atoms with Gasteiger partial charge < -0.3 is 9.64 Å². The van der Waals surface area contributed by atoms with Gasteiger partial charge >= 0.3 is 6.01 Å². The molecule has 0 spiro atoms. The van der Waals surface area contributed by atoms with E-state index in [1.807, 2.05) is 11.8 Å². The molecule has 3 heterocycles. The molecule has 0 aromatic carbocycles. The summed E-state index contributed by atoms with van der Waals surface area (Å²) in [7, 11) is 0. The Hall–Kier alpha value is -2.16. The molecule has 8 nitrogen and oxygen atoms in total. The molecular weight excluding hydrogens is 316 g/mol. The third-order valence-electron chi connectivity index (χ3n) is 3.51. The number of piperidine rings is 1. The molecule has 9 heteroatoms. The predicted molar refractivity (Wildman–Crippen MR) is 84.1 cm³/mol. The monoisotopic (exact) mass is 334 g/mol. The van der Waals surface area contributed by atoms with Crippen LogP contribution in [0.25, 0.3) is 0 Å². The number of nitrogens with one attached hydrogen (secondary N) is 1. The van der Waals surface area contributed by atoms with Gasteiger partial charge in [-0.05, 0) is 13.0 Å². The zero-order valence-corrected chi connectivity index (χ0v) is 13.6. The van der Waals surface area contributed by atoms with Crippen molar-refractivity contribution in [2.45, 2.75) is 31.0 Å². The molecule has 1 amide bonds. The van der Waals surface area contributed by atoms with Crippen LogP contribution >= 0.6 is 11.8 Å². The minimum Gasteiger partial charge on any atom is -0.460 e. The number of hydrogen-bond donors (Lipinski definition) is 1. The van der Waals surface area contributed by atoms with Crippen molar-refractivity contribution in [2.24, 2.45) is 0 Å². The van der Waals surface area contributed by atoms with E-state index < -0.39 is 0 Å². The van der Waals surface area contributed by atoms with Gasteiger partial charge in [-0.1, -0.05) is 11.8 Å². The molecule has 0 unspecified atom stereocenters. The summed E-state index contributed by atoms with van der Waals surface area (Å²) in [6, 6.07) is 2.15. The maximum Gasteiger partial charge on any atom is 0.316 e. The summed E-state index contributed by atoms with van der Waals surface area (Å²) in [4.78, 5) is 26.4. The summed E-state index contributed by atoms with van der Waals surface area (Å²) in [5, 5.41) is 7.39. The number of aromatic nitrogens is 5. The van der Waals surface area contributed by atoms with Gasteiger partial charge in [-0.15, -0.1) is 5.10 Å². The van der Waals surface area contributed by atoms with Crippen molar-refractivity contribution in [3.63, 3.8) is 0 Å². The molecule has 2 aromatic heterocycles. The minimum atomic E-state index is 0.0600. The van der Waals surface area contributed by atoms with Gasteiger partial charge in [0.2, 0.25) is 11.1 Å². The first-order chi connectivity index (χ1) is 11.2. The number of hydrogen-bond acceptors (Lipinski definition) is 7. The highest BCUT2D eigenvalue weighted by atomic mass is 32.2. The topological polar surface area (TPSA) is 96.9 Å². The van der Waals surface area contributed by atoms with Crippen LogP contribution in [0.5, 0.6) is 6.01 Å². The zero-order chi connectivity index (χ0) is 16.1. The van der Waals surface area contributed by atoms with E-state index in [2.05, 4.69) is 25.1 Å². The highest BCUT2D eigenvalue weighted by Crippen LogP contribution is 2.18. The number of amides is 1. The fraction of sp³-hybridized carbons (Fsp3) is 0.500. The van der Waals surface area contributed by atoms with Crippen molar-refractivity contribution in [1.29, 1.82) is 0 Å². The number of nitrogens with zero attached hydrogens (tertiary/aromatic N) is 5. The van der Waals surface area contributed by atoms with Gasteiger partial charge in [-0.3, -0.25) is 9.89 Å². The normalized spacial score (nSPS) is 15.6. The molecule has 1 saturated heterocycles. The van der Waals surface area contributed by atoms with Gasteiger partial charge in [-0.25, -0.2) is 15.0 Å². The number of carbonyl (C=O) groups is 1. The van der Waals surface area contributed by atoms with Gasteiger partial charge in [0, 0.05) is 38.3 Å². The van der Waals surface area contributed by atoms with Crippen molar-refractivity contribution < 1.29 is 9.53 Å². The average molecular weight is 334 g/mol. The van der Waals surface area contributed by atoms with Crippen LogP contribution in [0.3, 0.4) is 0 Å². The summed E-state index contributed by atoms with van der Waals surface area (Å²) in [5.41, 5.74) is 0. The van der Waals surface area contributed by atoms with E-state index in [9.17, 15) is 4.79 Å². The fourth-order valence-electron chi connectivity index (χ4n) is 2.32. The lowest BCUT2D eigenvalue weighted by atomic mass is 10.1. The molecule has 0 bridgehead atoms. The fourth-order valence-corrected chi connectivity index (χ4v) is 3.07. The van der Waals surface area contributed by atoms with Crippen molar-refractivity contribution in [1.82, 2.24) is 30.0 Å². The third-order valence-corrected chi connectivity index (χ3v) is 4.34. The number of carbonyl (C=O) groups excluding carboxylic acids is 1. The lowest BCUT2D eigenvalue weighted by Crippen LogP contribution is -2.42. The number of thioether (sulfide) groups is 1. The number of H-pyrrole nitrogens is 1. The number of aryl methyl sites for hydroxylation is 1. The second-order valence-electron chi connectivity index (χ2n) is 5.22. The van der Waals surface area contributed by atoms with Crippen molar-refractivity contribution in [2.75, 3.05) is 18.8 Å². The molecule has 0 radical (unpaired) electrons. The second kappa shape index (κ2) is 7.40. The van der Waals surface area contributed by atoms with Crippen molar-refractivity contribution in [3.8, 4) is 6.01 Å². The van der Waals surface area contributed by atoms with E-state index in [4.69, 9.17) is 4.74 Å². The van der Waals surface area contributed by atoms with E-state index in [-0.39, 0.29) is 12.0 Å². The lowest BCUT2D eigenvalue weighted by Gasteiger charge is -2.31. The smallest absolute Gasteiger partial charge is 0.316 e. The van der Waals surface area contributed by atoms with Crippen LogP contribution < -0.4 is 4.74 Å². The second-order valence-corrected chi connectivity index (χ2v) is 6.16. The van der Waals surface area contributed by atoms with Crippen LogP contribution in [0.2, 0.25) is 0 Å². The van der Waals surface area contributed by atoms with Gasteiger partial charge in [-0.2, -0.15) is 0 Å². The summed E-state index contributed by atoms with van der Waals surface area (Å²) >= 11 is 1.35. The first-order valence-corrected chi connectivity index (χ1v) is 8.42. The summed E-state index contributed by atoms with van der Waals surface area (Å²) < 4.78 is 5.73. The van der Waals surface area contributed by atoms with E-state index in [1.54, 1.807) is 18.5 Å². The summed E-state index contributed by atoms with van der Waals surface area (Å²) in [5.74, 6) is 1.21. The van der Waals surface area contributed by atoms with Crippen LogP contribution in [-0.4, -0.2) is 60.9 Å². The maximum atomic E-state index is 12.2. The molecule has 0 saturated carbocycles. The maximum absolute atomic E-state index is 12.2. The van der Waals surface area contributed by atoms with E-state index in [1.165, 1.54) is 11.8 Å². The molecule has 1 fully saturated rings. The SMILES string of the molecule is Cc1nc(SCC(=O)N2CCC(Oc3ncccn3)CC2)n[nH]1. The Balaban J connectivity index is 1.42. The number of ether oxygens (including phenoxy) is 1. The molecule has 1 aliphatic rings. The molecule has 0 atom stereocenters. The van der Waals surface area contributed by atoms with Crippen LogP contribution in [-0.2, 0) is 4.79 Å². The highest BCUT2D eigenvalue weighted by molar-refractivity contribution is 7.99. The molecule has 2 aromatic rings. The first-order valence-electron chi connectivity index (χ1n) is 7.44. The van der Waals surface area contributed by atoms with E-state index in [0.717, 1.165) is 18.7 Å². The molecule has 3 rings (SSSR count). The molecule has 23 heavy (non-hydrogen) atoms. The quantitative estimate of drug-likeness (QED) is 0.817. The Labute approximate surface area is 138 Å². The summed E-state index contributed by atoms with van der Waals surface area (Å²) in [6.07, 6.45) is 4.94. The van der Waals surface area contributed by atoms with Gasteiger partial charge in [0.1, 0.15) is 11.9 Å². The Bertz CT molecular complexity index is 642. The lowest BCUT2D eigenvalue weighted by molar-refractivity contribution is -0.130. The van der Waals surface area contributed by atoms with E-state index in [0.29, 0.717) is 30.0 Å². The van der Waals surface area contributed by atoms with Crippen LogP contribution in [0, 0.1) is 6.92 Å². The van der Waals surface area contributed by atoms with Crippen LogP contribution in [0.4, 0.5) is 0 Å². The van der Waals surface area contributed by atoms with Crippen molar-refractivity contribution in [3.05, 3.63) is 24.3 Å². The zero-order valence-electron chi connectivity index (χ0n) is 12.8. The molecule has 1 N–H and O–H groups in total. The number of rotatable bonds is 5. The Morgan fingerprint density at radius 2 is 2.13 bits per heavy atom. The van der Waals surface area contributed by atoms with Gasteiger partial charge in [0.05, 0.1) is 5.75 Å². The standard InChI is InChI=1S/C14H18N6O2S/c1-10-17-14(19-18-10)23-9-12(21)20-7-3-11(4-8-20)22-13-15-5-2-6-16-13/h2,5-6,11H,3-4,7-9H2,1H3,(H,17,18,19). The number of aromatic amines is 1. The highest BCUT2D eigenvalue weighted by Gasteiger charge is 2.24. The Kier molecular flexibility index (Phi) is 5.06. The minimum absolute atomic E-state index is 0.0600. The number of likely N-dealkylation sites (tertiary alicyclic amines) is 1. The van der Waals surface area contributed by atoms with Crippen molar-refractivity contribution >= 4 is 17.7 Å². The van der Waals surface area contributed by atoms with Gasteiger partial charge in [0.15, 0.2) is 0 Å². The molecular formula is C14H18N6O2S. The summed E-state index contributed by atoms with van der Waals surface area (Å²) in [6.45, 7) is 3.20. The third kappa shape index (κ3) is 4.41. The van der Waals surface area contributed by atoms with Crippen LogP contribution in [0.15, 0.2) is 23.6 Å².